The minimum absolute atomic E-state index is 0.0277. The van der Waals surface area contributed by atoms with Gasteiger partial charge >= 0.3 is 11.9 Å². The molecule has 2 rings (SSSR count). The first-order chi connectivity index (χ1) is 11.4. The van der Waals surface area contributed by atoms with Crippen molar-refractivity contribution in [3.63, 3.8) is 0 Å². The molecule has 24 heavy (non-hydrogen) atoms. The lowest BCUT2D eigenvalue weighted by molar-refractivity contribution is 0.0696. The van der Waals surface area contributed by atoms with E-state index < -0.39 is 11.9 Å². The molecule has 6 heteroatoms. The van der Waals surface area contributed by atoms with Crippen LogP contribution in [0.5, 0.6) is 0 Å². The molecule has 1 saturated heterocycles. The molecule has 1 aliphatic rings. The fraction of sp³-hybridized carbons (Fsp3) is 0.556. The van der Waals surface area contributed by atoms with Crippen LogP contribution in [0.3, 0.4) is 0 Å². The number of benzene rings is 1. The van der Waals surface area contributed by atoms with Gasteiger partial charge in [0.15, 0.2) is 0 Å². The van der Waals surface area contributed by atoms with E-state index in [1.807, 2.05) is 0 Å². The second-order valence-electron chi connectivity index (χ2n) is 6.15. The van der Waals surface area contributed by atoms with Gasteiger partial charge in [-0.3, -0.25) is 0 Å². The number of hydrogen-bond donors (Lipinski definition) is 3. The van der Waals surface area contributed by atoms with Crippen LogP contribution in [0, 0.1) is 12.8 Å². The van der Waals surface area contributed by atoms with Gasteiger partial charge in [-0.15, -0.1) is 0 Å². The maximum absolute atomic E-state index is 10.6. The highest BCUT2D eigenvalue weighted by Gasteiger charge is 2.13. The Labute approximate surface area is 143 Å². The first kappa shape index (κ1) is 20.1. The summed E-state index contributed by atoms with van der Waals surface area (Å²) < 4.78 is 0. The number of nitrogens with zero attached hydrogens (tertiary/aromatic N) is 1. The van der Waals surface area contributed by atoms with Crippen molar-refractivity contribution < 1.29 is 19.8 Å². The Kier molecular flexibility index (Phi) is 8.43. The van der Waals surface area contributed by atoms with Crippen molar-refractivity contribution in [3.8, 4) is 0 Å². The summed E-state index contributed by atoms with van der Waals surface area (Å²) in [6, 6.07) is 4.17. The fourth-order valence-electron chi connectivity index (χ4n) is 2.56. The Morgan fingerprint density at radius 2 is 1.67 bits per heavy atom. The summed E-state index contributed by atoms with van der Waals surface area (Å²) in [7, 11) is 0. The van der Waals surface area contributed by atoms with Crippen molar-refractivity contribution in [1.29, 1.82) is 0 Å². The third-order valence-corrected chi connectivity index (χ3v) is 4.27. The third-order valence-electron chi connectivity index (χ3n) is 4.27. The fourth-order valence-corrected chi connectivity index (χ4v) is 2.56. The number of carboxylic acids is 2. The lowest BCUT2D eigenvalue weighted by atomic mass is 10.0. The molecule has 1 fully saturated rings. The SMILES string of the molecule is CCC(C)CN1CCNCC1.Cc1c(C(=O)O)cccc1C(=O)O. The first-order valence-electron chi connectivity index (χ1n) is 8.36. The van der Waals surface area contributed by atoms with Gasteiger partial charge in [0.2, 0.25) is 0 Å². The summed E-state index contributed by atoms with van der Waals surface area (Å²) in [5, 5.41) is 20.7. The van der Waals surface area contributed by atoms with Gasteiger partial charge in [0.05, 0.1) is 11.1 Å². The summed E-state index contributed by atoms with van der Waals surface area (Å²) in [5.41, 5.74) is 0.335. The summed E-state index contributed by atoms with van der Waals surface area (Å²) in [6.07, 6.45) is 1.31. The molecule has 0 aromatic heterocycles. The number of hydrogen-bond acceptors (Lipinski definition) is 4. The largest absolute Gasteiger partial charge is 0.478 e. The molecule has 134 valence electrons. The lowest BCUT2D eigenvalue weighted by Crippen LogP contribution is -2.44. The van der Waals surface area contributed by atoms with E-state index in [0.717, 1.165) is 5.92 Å². The maximum Gasteiger partial charge on any atom is 0.335 e. The van der Waals surface area contributed by atoms with Gasteiger partial charge in [0.25, 0.3) is 0 Å². The molecule has 1 heterocycles. The van der Waals surface area contributed by atoms with E-state index in [1.54, 1.807) is 0 Å². The Hall–Kier alpha value is -1.92. The number of rotatable bonds is 5. The maximum atomic E-state index is 10.6. The van der Waals surface area contributed by atoms with E-state index in [0.29, 0.717) is 0 Å². The van der Waals surface area contributed by atoms with Gasteiger partial charge in [0.1, 0.15) is 0 Å². The molecule has 1 aromatic carbocycles. The van der Waals surface area contributed by atoms with Crippen molar-refractivity contribution >= 4 is 11.9 Å². The van der Waals surface area contributed by atoms with E-state index in [4.69, 9.17) is 10.2 Å². The van der Waals surface area contributed by atoms with Crippen LogP contribution < -0.4 is 5.32 Å². The Morgan fingerprint density at radius 1 is 1.17 bits per heavy atom. The van der Waals surface area contributed by atoms with Crippen molar-refractivity contribution in [3.05, 3.63) is 34.9 Å². The lowest BCUT2D eigenvalue weighted by Gasteiger charge is -2.29. The minimum atomic E-state index is -1.11. The number of piperazine rings is 1. The van der Waals surface area contributed by atoms with Crippen LogP contribution in [-0.2, 0) is 0 Å². The van der Waals surface area contributed by atoms with Crippen molar-refractivity contribution in [1.82, 2.24) is 10.2 Å². The molecule has 1 atom stereocenters. The topological polar surface area (TPSA) is 89.9 Å². The smallest absolute Gasteiger partial charge is 0.335 e. The molecule has 0 saturated carbocycles. The van der Waals surface area contributed by atoms with Crippen molar-refractivity contribution in [2.24, 2.45) is 5.92 Å². The van der Waals surface area contributed by atoms with Gasteiger partial charge in [-0.25, -0.2) is 9.59 Å². The summed E-state index contributed by atoms with van der Waals surface area (Å²) in [5.74, 6) is -1.35. The van der Waals surface area contributed by atoms with E-state index in [1.165, 1.54) is 64.3 Å². The zero-order chi connectivity index (χ0) is 18.1. The molecule has 6 nitrogen and oxygen atoms in total. The monoisotopic (exact) mass is 336 g/mol. The average molecular weight is 336 g/mol. The van der Waals surface area contributed by atoms with Crippen LogP contribution in [0.1, 0.15) is 46.5 Å². The van der Waals surface area contributed by atoms with Crippen LogP contribution in [0.15, 0.2) is 18.2 Å². The standard InChI is InChI=1S/C9H20N2.C9H8O4/c1-3-9(2)8-11-6-4-10-5-7-11;1-5-6(8(10)11)3-2-4-7(5)9(12)13/h9-10H,3-8H2,1-2H3;2-4H,1H3,(H,10,11)(H,12,13). The summed E-state index contributed by atoms with van der Waals surface area (Å²) in [6.45, 7) is 12.2. The van der Waals surface area contributed by atoms with Gasteiger partial charge < -0.3 is 20.4 Å². The summed E-state index contributed by atoms with van der Waals surface area (Å²) in [4.78, 5) is 23.8. The van der Waals surface area contributed by atoms with Gasteiger partial charge in [-0.05, 0) is 30.5 Å². The number of nitrogens with one attached hydrogen (secondary N) is 1. The minimum Gasteiger partial charge on any atom is -0.478 e. The third kappa shape index (κ3) is 6.29. The van der Waals surface area contributed by atoms with Crippen LogP contribution in [0.2, 0.25) is 0 Å². The average Bonchev–Trinajstić information content (AvgIpc) is 2.56. The van der Waals surface area contributed by atoms with Gasteiger partial charge in [-0.1, -0.05) is 26.3 Å². The Morgan fingerprint density at radius 3 is 2.08 bits per heavy atom. The highest BCUT2D eigenvalue weighted by Crippen LogP contribution is 2.13. The quantitative estimate of drug-likeness (QED) is 0.765. The molecule has 0 amide bonds. The Bertz CT molecular complexity index is 522. The molecule has 0 bridgehead atoms. The normalized spacial score (nSPS) is 16.0. The van der Waals surface area contributed by atoms with Crippen LogP contribution in [0.25, 0.3) is 0 Å². The van der Waals surface area contributed by atoms with Crippen molar-refractivity contribution in [2.75, 3.05) is 32.7 Å². The number of carbonyl (C=O) groups is 2. The molecule has 1 aromatic rings. The predicted octanol–water partition coefficient (Wildman–Crippen LogP) is 2.33. The Balaban J connectivity index is 0.000000243. The zero-order valence-electron chi connectivity index (χ0n) is 14.7. The molecule has 0 aliphatic carbocycles. The van der Waals surface area contributed by atoms with Crippen LogP contribution >= 0.6 is 0 Å². The second-order valence-corrected chi connectivity index (χ2v) is 6.15. The predicted molar refractivity (Wildman–Crippen MR) is 93.9 cm³/mol. The van der Waals surface area contributed by atoms with E-state index in [-0.39, 0.29) is 16.7 Å². The van der Waals surface area contributed by atoms with Crippen LogP contribution in [0.4, 0.5) is 0 Å². The molecule has 1 unspecified atom stereocenters. The van der Waals surface area contributed by atoms with Gasteiger partial charge in [0, 0.05) is 32.7 Å². The zero-order valence-corrected chi connectivity index (χ0v) is 14.7. The van der Waals surface area contributed by atoms with Crippen LogP contribution in [-0.4, -0.2) is 59.8 Å². The molecule has 0 radical (unpaired) electrons. The van der Waals surface area contributed by atoms with E-state index >= 15 is 0 Å². The number of aromatic carboxylic acids is 2. The first-order valence-corrected chi connectivity index (χ1v) is 8.36. The molecule has 0 spiro atoms. The molecular formula is C18H28N2O4. The van der Waals surface area contributed by atoms with E-state index in [9.17, 15) is 9.59 Å². The molecule has 1 aliphatic heterocycles. The summed E-state index contributed by atoms with van der Waals surface area (Å²) >= 11 is 0. The highest BCUT2D eigenvalue weighted by atomic mass is 16.4. The van der Waals surface area contributed by atoms with Gasteiger partial charge in [-0.2, -0.15) is 0 Å². The molecular weight excluding hydrogens is 308 g/mol. The number of carboxylic acid groups (broad SMARTS) is 2. The van der Waals surface area contributed by atoms with Crippen molar-refractivity contribution in [2.45, 2.75) is 27.2 Å². The second kappa shape index (κ2) is 10.1. The highest BCUT2D eigenvalue weighted by molar-refractivity contribution is 5.96. The molecule has 3 N–H and O–H groups in total. The van der Waals surface area contributed by atoms with E-state index in [2.05, 4.69) is 24.1 Å².